The van der Waals surface area contributed by atoms with Crippen molar-refractivity contribution in [2.75, 3.05) is 11.6 Å². The summed E-state index contributed by atoms with van der Waals surface area (Å²) in [7, 11) is 1.81. The summed E-state index contributed by atoms with van der Waals surface area (Å²) in [6, 6.07) is 1.58. The average molecular weight is 426 g/mol. The number of nitrogens with zero attached hydrogens (tertiary/aromatic N) is 5. The van der Waals surface area contributed by atoms with Crippen LogP contribution in [0.25, 0.3) is 0 Å². The van der Waals surface area contributed by atoms with Gasteiger partial charge in [-0.15, -0.1) is 0 Å². The lowest BCUT2D eigenvalue weighted by molar-refractivity contribution is 0.100. The van der Waals surface area contributed by atoms with Gasteiger partial charge in [0, 0.05) is 36.6 Å². The second-order valence-electron chi connectivity index (χ2n) is 8.52. The summed E-state index contributed by atoms with van der Waals surface area (Å²) < 4.78 is 1.69. The van der Waals surface area contributed by atoms with Crippen LogP contribution in [0.4, 0.5) is 5.69 Å². The highest BCUT2D eigenvalue weighted by Crippen LogP contribution is 2.20. The van der Waals surface area contributed by atoms with Crippen LogP contribution in [0.2, 0.25) is 0 Å². The number of rotatable bonds is 7. The number of carbonyl (C=O) groups is 1. The molecule has 0 unspecified atom stereocenters. The lowest BCUT2D eigenvalue weighted by atomic mass is 9.88. The summed E-state index contributed by atoms with van der Waals surface area (Å²) in [6.07, 6.45) is 3.16. The van der Waals surface area contributed by atoms with Crippen molar-refractivity contribution in [3.8, 4) is 0 Å². The van der Waals surface area contributed by atoms with Gasteiger partial charge in [0.2, 0.25) is 0 Å². The third kappa shape index (κ3) is 5.82. The van der Waals surface area contributed by atoms with E-state index in [0.29, 0.717) is 28.4 Å². The minimum Gasteiger partial charge on any atom is -0.387 e. The zero-order chi connectivity index (χ0) is 23.5. The minimum atomic E-state index is -0.556. The van der Waals surface area contributed by atoms with Crippen molar-refractivity contribution in [3.05, 3.63) is 41.0 Å². The van der Waals surface area contributed by atoms with Crippen molar-refractivity contribution in [2.24, 2.45) is 29.0 Å². The Hall–Kier alpha value is -3.40. The molecule has 0 saturated carbocycles. The largest absolute Gasteiger partial charge is 0.387 e. The Kier molecular flexibility index (Phi) is 7.06. The van der Waals surface area contributed by atoms with E-state index in [1.807, 2.05) is 34.7 Å². The maximum atomic E-state index is 12.6. The lowest BCUT2D eigenvalue weighted by Crippen LogP contribution is -2.37. The fourth-order valence-electron chi connectivity index (χ4n) is 2.75. The number of nitrogens with one attached hydrogen (secondary N) is 2. The van der Waals surface area contributed by atoms with Crippen molar-refractivity contribution in [3.63, 3.8) is 0 Å². The summed E-state index contributed by atoms with van der Waals surface area (Å²) >= 11 is 0. The molecule has 0 aliphatic carbocycles. The number of amides is 1. The predicted octanol–water partition coefficient (Wildman–Crippen LogP) is 2.13. The molecular weight excluding hydrogens is 394 g/mol. The van der Waals surface area contributed by atoms with Gasteiger partial charge >= 0.3 is 0 Å². The first-order valence-corrected chi connectivity index (χ1v) is 9.81. The zero-order valence-electron chi connectivity index (χ0n) is 18.9. The van der Waals surface area contributed by atoms with Gasteiger partial charge in [-0.25, -0.2) is 5.84 Å². The van der Waals surface area contributed by atoms with Crippen LogP contribution in [0.3, 0.4) is 0 Å². The lowest BCUT2D eigenvalue weighted by Gasteiger charge is -2.21. The number of pyridine rings is 1. The molecule has 0 radical (unpaired) electrons. The Morgan fingerprint density at radius 2 is 1.90 bits per heavy atom. The molecule has 10 heteroatoms. The first-order valence-electron chi connectivity index (χ1n) is 9.81. The number of hydrogen-bond donors (Lipinski definition) is 4. The van der Waals surface area contributed by atoms with E-state index >= 15 is 0 Å². The van der Waals surface area contributed by atoms with E-state index in [-0.39, 0.29) is 29.8 Å². The minimum absolute atomic E-state index is 0.0745. The van der Waals surface area contributed by atoms with Gasteiger partial charge in [0.15, 0.2) is 0 Å². The second-order valence-corrected chi connectivity index (χ2v) is 8.52. The van der Waals surface area contributed by atoms with E-state index in [4.69, 9.17) is 22.4 Å². The molecule has 0 atom stereocenters. The van der Waals surface area contributed by atoms with Crippen molar-refractivity contribution in [2.45, 2.75) is 41.0 Å². The monoisotopic (exact) mass is 425 g/mol. The maximum absolute atomic E-state index is 12.6. The van der Waals surface area contributed by atoms with Gasteiger partial charge in [-0.2, -0.15) is 10.1 Å². The fraction of sp³-hybridized carbons (Fsp3) is 0.429. The van der Waals surface area contributed by atoms with Gasteiger partial charge in [-0.05, 0) is 25.3 Å². The van der Waals surface area contributed by atoms with Crippen LogP contribution < -0.4 is 16.6 Å². The Morgan fingerprint density at radius 3 is 2.45 bits per heavy atom. The van der Waals surface area contributed by atoms with E-state index < -0.39 is 5.91 Å². The Bertz CT molecular complexity index is 1040. The van der Waals surface area contributed by atoms with E-state index in [1.165, 1.54) is 11.2 Å². The molecule has 0 aromatic carbocycles. The number of anilines is 1. The third-order valence-corrected chi connectivity index (χ3v) is 5.01. The first-order chi connectivity index (χ1) is 14.3. The fourth-order valence-corrected chi connectivity index (χ4v) is 2.75. The normalized spacial score (nSPS) is 12.0. The zero-order valence-corrected chi connectivity index (χ0v) is 18.9. The summed E-state index contributed by atoms with van der Waals surface area (Å²) in [4.78, 5) is 20.7. The third-order valence-electron chi connectivity index (χ3n) is 5.01. The van der Waals surface area contributed by atoms with Crippen LogP contribution in [-0.4, -0.2) is 44.5 Å². The second kappa shape index (κ2) is 9.17. The molecule has 6 N–H and O–H groups in total. The van der Waals surface area contributed by atoms with E-state index in [1.54, 1.807) is 23.9 Å². The summed E-state index contributed by atoms with van der Waals surface area (Å²) in [5, 5.41) is 21.9. The molecule has 166 valence electrons. The van der Waals surface area contributed by atoms with Gasteiger partial charge in [-0.3, -0.25) is 14.5 Å². The highest BCUT2D eigenvalue weighted by atomic mass is 16.1. The Labute approximate surface area is 182 Å². The van der Waals surface area contributed by atoms with E-state index in [0.717, 1.165) is 5.69 Å². The molecule has 0 fully saturated rings. The Morgan fingerprint density at radius 1 is 1.26 bits per heavy atom. The van der Waals surface area contributed by atoms with Crippen LogP contribution >= 0.6 is 0 Å². The van der Waals surface area contributed by atoms with Crippen molar-refractivity contribution in [1.29, 1.82) is 10.8 Å². The number of hydrazine groups is 1. The first kappa shape index (κ1) is 23.9. The Balaban J connectivity index is 2.19. The molecule has 0 aliphatic heterocycles. The molecule has 0 spiro atoms. The summed E-state index contributed by atoms with van der Waals surface area (Å²) in [5.41, 5.74) is 9.14. The highest BCUT2D eigenvalue weighted by Gasteiger charge is 2.19. The smallest absolute Gasteiger partial charge is 0.280 e. The molecular formula is C21H31N9O. The van der Waals surface area contributed by atoms with Crippen LogP contribution in [0.5, 0.6) is 0 Å². The molecule has 10 nitrogen and oxygen atoms in total. The molecule has 2 rings (SSSR count). The number of carbonyl (C=O) groups excluding carboxylic acids is 1. The quantitative estimate of drug-likeness (QED) is 0.230. The molecule has 2 aromatic rings. The number of aryl methyl sites for hydroxylation is 2. The molecule has 2 aromatic heterocycles. The number of nitrogens with two attached hydrogens (primary N) is 2. The van der Waals surface area contributed by atoms with Gasteiger partial charge in [0.1, 0.15) is 5.84 Å². The summed E-state index contributed by atoms with van der Waals surface area (Å²) in [5.74, 6) is 5.72. The van der Waals surface area contributed by atoms with Gasteiger partial charge in [0.05, 0.1) is 35.4 Å². The number of aromatic nitrogens is 3. The molecule has 0 aliphatic rings. The topological polar surface area (TPSA) is 163 Å². The van der Waals surface area contributed by atoms with E-state index in [2.05, 4.69) is 15.1 Å². The molecule has 0 bridgehead atoms. The average Bonchev–Trinajstić information content (AvgIpc) is 2.99. The molecule has 31 heavy (non-hydrogen) atoms. The van der Waals surface area contributed by atoms with Crippen LogP contribution in [-0.2, 0) is 7.05 Å². The predicted molar refractivity (Wildman–Crippen MR) is 123 cm³/mol. The molecule has 1 amide bonds. The van der Waals surface area contributed by atoms with Gasteiger partial charge in [0.25, 0.3) is 5.91 Å². The SMILES string of the molecule is Cc1ncc(C(=O)N=C(N)CC(=N)C(C)(C)C)cc1N(N)CC(=N)c1cnn(C)c1C. The number of hydrogen-bond acceptors (Lipinski definition) is 7. The van der Waals surface area contributed by atoms with E-state index in [9.17, 15) is 4.79 Å². The van der Waals surface area contributed by atoms with Crippen molar-refractivity contribution < 1.29 is 4.79 Å². The van der Waals surface area contributed by atoms with Crippen molar-refractivity contribution in [1.82, 2.24) is 14.8 Å². The van der Waals surface area contributed by atoms with Gasteiger partial charge < -0.3 is 21.6 Å². The van der Waals surface area contributed by atoms with Crippen molar-refractivity contribution >= 4 is 28.9 Å². The summed E-state index contributed by atoms with van der Waals surface area (Å²) in [6.45, 7) is 9.47. The van der Waals surface area contributed by atoms with Crippen LogP contribution in [0.1, 0.15) is 54.5 Å². The highest BCUT2D eigenvalue weighted by molar-refractivity contribution is 6.10. The van der Waals surface area contributed by atoms with Gasteiger partial charge in [-0.1, -0.05) is 20.8 Å². The van der Waals surface area contributed by atoms with Crippen LogP contribution in [0.15, 0.2) is 23.5 Å². The molecule has 0 saturated heterocycles. The number of aliphatic imine (C=N–C) groups is 1. The maximum Gasteiger partial charge on any atom is 0.280 e. The standard InChI is InChI=1S/C21H31N9O/c1-12-17(30(25)11-16(22)15-10-27-29(6)13(15)2)7-14(9-26-12)20(31)28-19(24)8-18(23)21(3,4)5/h7,9-10,22-23H,8,11,25H2,1-6H3,(H2,24,28,31). The number of amidine groups is 1. The van der Waals surface area contributed by atoms with Crippen LogP contribution in [0, 0.1) is 30.1 Å². The molecule has 2 heterocycles.